The Labute approximate surface area is 124 Å². The molecule has 1 amide bonds. The fourth-order valence-corrected chi connectivity index (χ4v) is 3.20. The van der Waals surface area contributed by atoms with Gasteiger partial charge in [-0.25, -0.2) is 4.98 Å². The monoisotopic (exact) mass is 332 g/mol. The van der Waals surface area contributed by atoms with Gasteiger partial charge in [-0.15, -0.1) is 0 Å². The maximum absolute atomic E-state index is 12.4. The molecule has 0 saturated heterocycles. The summed E-state index contributed by atoms with van der Waals surface area (Å²) >= 11 is 3.45. The molecule has 1 aliphatic rings. The van der Waals surface area contributed by atoms with Crippen LogP contribution in [-0.4, -0.2) is 15.9 Å². The number of nitrogens with one attached hydrogen (secondary N) is 2. The van der Waals surface area contributed by atoms with Crippen LogP contribution in [-0.2, 0) is 4.79 Å². The molecule has 0 aliphatic heterocycles. The van der Waals surface area contributed by atoms with Crippen molar-refractivity contribution in [2.45, 2.75) is 25.7 Å². The van der Waals surface area contributed by atoms with Gasteiger partial charge in [-0.2, -0.15) is 5.26 Å². The summed E-state index contributed by atoms with van der Waals surface area (Å²) in [5.41, 5.74) is -0.189. The van der Waals surface area contributed by atoms with Gasteiger partial charge in [-0.05, 0) is 40.9 Å². The standard InChI is InChI=1S/C14H13BrN4O/c15-10-7-11(18-12-9(10)3-6-17-12)19-13(20)14(8-16)4-1-2-5-14/h3,6-7H,1-2,4-5H2,(H2,17,18,19,20). The maximum atomic E-state index is 12.4. The van der Waals surface area contributed by atoms with Gasteiger partial charge in [0.15, 0.2) is 0 Å². The van der Waals surface area contributed by atoms with E-state index in [2.05, 4.69) is 37.3 Å². The number of anilines is 1. The Kier molecular flexibility index (Phi) is 3.22. The molecule has 0 atom stereocenters. The highest BCUT2D eigenvalue weighted by molar-refractivity contribution is 9.10. The van der Waals surface area contributed by atoms with Crippen molar-refractivity contribution in [3.63, 3.8) is 0 Å². The predicted octanol–water partition coefficient (Wildman–Crippen LogP) is 3.35. The molecule has 1 fully saturated rings. The molecule has 1 aliphatic carbocycles. The first kappa shape index (κ1) is 13.1. The first-order valence-corrected chi connectivity index (χ1v) is 7.30. The Balaban J connectivity index is 1.89. The molecule has 3 rings (SSSR count). The second kappa shape index (κ2) is 4.91. The van der Waals surface area contributed by atoms with Crippen LogP contribution in [0.15, 0.2) is 22.8 Å². The van der Waals surface area contributed by atoms with Gasteiger partial charge in [0.1, 0.15) is 16.9 Å². The van der Waals surface area contributed by atoms with Gasteiger partial charge in [0.2, 0.25) is 5.91 Å². The first-order chi connectivity index (χ1) is 9.64. The van der Waals surface area contributed by atoms with Gasteiger partial charge >= 0.3 is 0 Å². The summed E-state index contributed by atoms with van der Waals surface area (Å²) < 4.78 is 0.858. The number of carbonyl (C=O) groups excluding carboxylic acids is 1. The third-order valence-corrected chi connectivity index (χ3v) is 4.48. The number of nitrogens with zero attached hydrogens (tertiary/aromatic N) is 2. The van der Waals surface area contributed by atoms with Crippen LogP contribution in [0.2, 0.25) is 0 Å². The van der Waals surface area contributed by atoms with Gasteiger partial charge in [0, 0.05) is 16.1 Å². The number of nitriles is 1. The number of H-pyrrole nitrogens is 1. The van der Waals surface area contributed by atoms with Gasteiger partial charge < -0.3 is 10.3 Å². The Morgan fingerprint density at radius 1 is 1.50 bits per heavy atom. The number of halogens is 1. The fourth-order valence-electron chi connectivity index (χ4n) is 2.66. The average molecular weight is 333 g/mol. The fraction of sp³-hybridized carbons (Fsp3) is 0.357. The highest BCUT2D eigenvalue weighted by Crippen LogP contribution is 2.38. The Hall–Kier alpha value is -1.87. The summed E-state index contributed by atoms with van der Waals surface area (Å²) in [5.74, 6) is 0.209. The Morgan fingerprint density at radius 3 is 2.95 bits per heavy atom. The van der Waals surface area contributed by atoms with E-state index in [1.807, 2.05) is 6.07 Å². The molecule has 2 heterocycles. The Bertz CT molecular complexity index is 710. The summed E-state index contributed by atoms with van der Waals surface area (Å²) in [6.45, 7) is 0. The van der Waals surface area contributed by atoms with Crippen molar-refractivity contribution in [2.75, 3.05) is 5.32 Å². The SMILES string of the molecule is N#CC1(C(=O)Nc2cc(Br)c3cc[nH]c3n2)CCCC1. The van der Waals surface area contributed by atoms with Crippen molar-refractivity contribution in [2.24, 2.45) is 5.41 Å². The molecule has 2 aromatic heterocycles. The smallest absolute Gasteiger partial charge is 0.246 e. The molecule has 20 heavy (non-hydrogen) atoms. The normalized spacial score (nSPS) is 17.0. The van der Waals surface area contributed by atoms with E-state index in [0.29, 0.717) is 24.3 Å². The van der Waals surface area contributed by atoms with Crippen molar-refractivity contribution in [1.29, 1.82) is 5.26 Å². The van der Waals surface area contributed by atoms with Crippen LogP contribution in [0, 0.1) is 16.7 Å². The summed E-state index contributed by atoms with van der Waals surface area (Å²) in [7, 11) is 0. The third-order valence-electron chi connectivity index (χ3n) is 3.83. The van der Waals surface area contributed by atoms with E-state index in [1.54, 1.807) is 12.3 Å². The summed E-state index contributed by atoms with van der Waals surface area (Å²) in [6.07, 6.45) is 4.89. The first-order valence-electron chi connectivity index (χ1n) is 6.51. The molecule has 5 nitrogen and oxygen atoms in total. The van der Waals surface area contributed by atoms with E-state index in [4.69, 9.17) is 0 Å². The van der Waals surface area contributed by atoms with Crippen molar-refractivity contribution >= 4 is 38.7 Å². The molecule has 0 unspecified atom stereocenters. The molecular weight excluding hydrogens is 320 g/mol. The minimum absolute atomic E-state index is 0.247. The quantitative estimate of drug-likeness (QED) is 0.884. The van der Waals surface area contributed by atoms with Gasteiger partial charge in [0.25, 0.3) is 0 Å². The van der Waals surface area contributed by atoms with Crippen molar-refractivity contribution in [1.82, 2.24) is 9.97 Å². The van der Waals surface area contributed by atoms with E-state index in [-0.39, 0.29) is 5.91 Å². The third kappa shape index (κ3) is 2.08. The molecule has 0 spiro atoms. The zero-order valence-electron chi connectivity index (χ0n) is 10.7. The average Bonchev–Trinajstić information content (AvgIpc) is 3.08. The highest BCUT2D eigenvalue weighted by Gasteiger charge is 2.41. The lowest BCUT2D eigenvalue weighted by atomic mass is 9.87. The number of fused-ring (bicyclic) bond motifs is 1. The number of amides is 1. The van der Waals surface area contributed by atoms with Crippen molar-refractivity contribution in [3.8, 4) is 6.07 Å². The number of hydrogen-bond donors (Lipinski definition) is 2. The van der Waals surface area contributed by atoms with Gasteiger partial charge in [-0.1, -0.05) is 12.8 Å². The zero-order chi connectivity index (χ0) is 14.2. The molecule has 2 N–H and O–H groups in total. The van der Waals surface area contributed by atoms with Crippen LogP contribution in [0.4, 0.5) is 5.82 Å². The molecule has 6 heteroatoms. The summed E-state index contributed by atoms with van der Waals surface area (Å²) in [4.78, 5) is 19.7. The lowest BCUT2D eigenvalue weighted by Crippen LogP contribution is -2.32. The number of rotatable bonds is 2. The van der Waals surface area contributed by atoms with Crippen LogP contribution in [0.3, 0.4) is 0 Å². The van der Waals surface area contributed by atoms with Crippen LogP contribution >= 0.6 is 15.9 Å². The van der Waals surface area contributed by atoms with E-state index in [9.17, 15) is 10.1 Å². The van der Waals surface area contributed by atoms with Gasteiger partial charge in [0.05, 0.1) is 6.07 Å². The summed E-state index contributed by atoms with van der Waals surface area (Å²) in [6, 6.07) is 5.85. The minimum atomic E-state index is -0.890. The molecule has 1 saturated carbocycles. The van der Waals surface area contributed by atoms with E-state index < -0.39 is 5.41 Å². The number of hydrogen-bond acceptors (Lipinski definition) is 3. The predicted molar refractivity (Wildman–Crippen MR) is 78.9 cm³/mol. The molecule has 0 radical (unpaired) electrons. The molecular formula is C14H13BrN4O. The Morgan fingerprint density at radius 2 is 2.25 bits per heavy atom. The number of carbonyl (C=O) groups is 1. The number of aromatic amines is 1. The molecule has 0 aromatic carbocycles. The van der Waals surface area contributed by atoms with E-state index >= 15 is 0 Å². The molecule has 0 bridgehead atoms. The summed E-state index contributed by atoms with van der Waals surface area (Å²) in [5, 5.41) is 13.0. The largest absolute Gasteiger partial charge is 0.346 e. The second-order valence-electron chi connectivity index (χ2n) is 5.08. The van der Waals surface area contributed by atoms with Crippen LogP contribution in [0.1, 0.15) is 25.7 Å². The maximum Gasteiger partial charge on any atom is 0.246 e. The molecule has 102 valence electrons. The van der Waals surface area contributed by atoms with Crippen LogP contribution in [0.25, 0.3) is 11.0 Å². The van der Waals surface area contributed by atoms with Gasteiger partial charge in [-0.3, -0.25) is 4.79 Å². The highest BCUT2D eigenvalue weighted by atomic mass is 79.9. The van der Waals surface area contributed by atoms with Crippen LogP contribution in [0.5, 0.6) is 0 Å². The van der Waals surface area contributed by atoms with Crippen molar-refractivity contribution in [3.05, 3.63) is 22.8 Å². The number of pyridine rings is 1. The zero-order valence-corrected chi connectivity index (χ0v) is 12.3. The molecule has 2 aromatic rings. The lowest BCUT2D eigenvalue weighted by molar-refractivity contribution is -0.122. The second-order valence-corrected chi connectivity index (χ2v) is 5.94. The number of aromatic nitrogens is 2. The lowest BCUT2D eigenvalue weighted by Gasteiger charge is -2.18. The van der Waals surface area contributed by atoms with Crippen molar-refractivity contribution < 1.29 is 4.79 Å². The topological polar surface area (TPSA) is 81.6 Å². The van der Waals surface area contributed by atoms with E-state index in [0.717, 1.165) is 22.7 Å². The van der Waals surface area contributed by atoms with E-state index in [1.165, 1.54) is 0 Å². The van der Waals surface area contributed by atoms with Crippen LogP contribution < -0.4 is 5.32 Å². The minimum Gasteiger partial charge on any atom is -0.346 e.